The molecule has 5 nitrogen and oxygen atoms in total. The van der Waals surface area contributed by atoms with Crippen molar-refractivity contribution in [1.29, 1.82) is 5.41 Å². The zero-order valence-electron chi connectivity index (χ0n) is 42.0. The second kappa shape index (κ2) is 25.6. The summed E-state index contributed by atoms with van der Waals surface area (Å²) in [5.74, 6) is 1.85. The largest absolute Gasteiger partial charge is 0.371 e. The lowest BCUT2D eigenvalue weighted by Gasteiger charge is -2.35. The first kappa shape index (κ1) is 50.2. The third kappa shape index (κ3) is 11.8. The maximum Gasteiger partial charge on any atom is 0.251 e. The van der Waals surface area contributed by atoms with Crippen LogP contribution in [0, 0.1) is 12.0 Å². The lowest BCUT2D eigenvalue weighted by Crippen LogP contribution is -2.30. The van der Waals surface area contributed by atoms with Crippen LogP contribution in [-0.4, -0.2) is 37.8 Å². The topological polar surface area (TPSA) is 51.8 Å². The molecule has 1 atom stereocenters. The van der Waals surface area contributed by atoms with Crippen LogP contribution in [0.2, 0.25) is 0 Å². The lowest BCUT2D eigenvalue weighted by atomic mass is 9.67. The van der Waals surface area contributed by atoms with Crippen molar-refractivity contribution in [3.63, 3.8) is 0 Å². The van der Waals surface area contributed by atoms with E-state index < -0.39 is 5.92 Å². The van der Waals surface area contributed by atoms with E-state index in [4.69, 9.17) is 12.0 Å². The summed E-state index contributed by atoms with van der Waals surface area (Å²) in [6.45, 7) is 21.5. The van der Waals surface area contributed by atoms with Crippen LogP contribution >= 0.6 is 0 Å². The smallest absolute Gasteiger partial charge is 0.251 e. The maximum absolute atomic E-state index is 15.4. The van der Waals surface area contributed by atoms with Crippen LogP contribution in [0.15, 0.2) is 108 Å². The molecular formula is C63H78N4O. The number of benzene rings is 6. The molecule has 0 aromatic heterocycles. The Bertz CT molecular complexity index is 2740. The lowest BCUT2D eigenvalue weighted by molar-refractivity contribution is -0.115. The van der Waals surface area contributed by atoms with Gasteiger partial charge < -0.3 is 9.80 Å². The molecule has 1 unspecified atom stereocenters. The molecule has 1 N–H and O–H groups in total. The molecule has 7 rings (SSSR count). The van der Waals surface area contributed by atoms with Gasteiger partial charge in [0.25, 0.3) is 5.70 Å². The predicted octanol–water partition coefficient (Wildman–Crippen LogP) is 18.0. The number of Topliss-reactive ketones (excluding diaryl/α,β-unsaturated/α-hetero) is 1. The fraction of sp³-hybridized carbons (Fsp3) is 0.460. The van der Waals surface area contributed by atoms with E-state index in [9.17, 15) is 0 Å². The van der Waals surface area contributed by atoms with Gasteiger partial charge in [-0.1, -0.05) is 191 Å². The van der Waals surface area contributed by atoms with Gasteiger partial charge >= 0.3 is 0 Å². The summed E-state index contributed by atoms with van der Waals surface area (Å²) in [5.41, 5.74) is 5.48. The zero-order chi connectivity index (χ0) is 47.7. The predicted molar refractivity (Wildman–Crippen MR) is 295 cm³/mol. The van der Waals surface area contributed by atoms with Crippen LogP contribution < -0.4 is 9.80 Å². The Morgan fingerprint density at radius 3 is 1.31 bits per heavy atom. The average Bonchev–Trinajstić information content (AvgIpc) is 3.36. The van der Waals surface area contributed by atoms with Crippen molar-refractivity contribution in [2.75, 3.05) is 36.0 Å². The van der Waals surface area contributed by atoms with Crippen LogP contribution in [-0.2, 0) is 4.79 Å². The number of unbranched alkanes of at least 4 members (excludes halogenated alkanes) is 16. The van der Waals surface area contributed by atoms with E-state index in [-0.39, 0.29) is 11.5 Å². The first-order chi connectivity index (χ1) is 33.5. The van der Waals surface area contributed by atoms with Crippen LogP contribution in [0.25, 0.3) is 53.5 Å². The van der Waals surface area contributed by atoms with Gasteiger partial charge in [-0.25, -0.2) is 4.85 Å². The molecule has 0 fully saturated rings. The number of ketones is 1. The SMILES string of the molecule is [C-]#[N+]C(=C=N)C1=C(c2ccc(N(CCCCCCC)CCCCCCC)c3cc4ccccc4cc23)C(=O)C1c1ccc(N(CCCCCCC)CCCCCCC)c2cc3ccccc3cc12. The summed E-state index contributed by atoms with van der Waals surface area (Å²) < 4.78 is 0. The van der Waals surface area contributed by atoms with E-state index in [1.54, 1.807) is 0 Å². The molecule has 6 aromatic rings. The highest BCUT2D eigenvalue weighted by Crippen LogP contribution is 2.52. The Hall–Kier alpha value is -5.69. The monoisotopic (exact) mass is 907 g/mol. The van der Waals surface area contributed by atoms with Gasteiger partial charge in [0.05, 0.1) is 12.5 Å². The third-order valence-corrected chi connectivity index (χ3v) is 14.7. The van der Waals surface area contributed by atoms with E-state index in [0.29, 0.717) is 11.1 Å². The molecule has 0 bridgehead atoms. The van der Waals surface area contributed by atoms with Gasteiger partial charge in [-0.2, -0.15) is 0 Å². The quantitative estimate of drug-likeness (QED) is 0.0221. The van der Waals surface area contributed by atoms with Crippen molar-refractivity contribution in [3.8, 4) is 0 Å². The number of anilines is 2. The highest BCUT2D eigenvalue weighted by Gasteiger charge is 2.44. The van der Waals surface area contributed by atoms with E-state index in [1.165, 1.54) is 125 Å². The van der Waals surface area contributed by atoms with Crippen molar-refractivity contribution in [3.05, 3.63) is 131 Å². The summed E-state index contributed by atoms with van der Waals surface area (Å²) in [6, 6.07) is 35.1. The third-order valence-electron chi connectivity index (χ3n) is 14.7. The molecule has 68 heavy (non-hydrogen) atoms. The Labute approximate surface area is 409 Å². The minimum atomic E-state index is -0.681. The molecule has 0 saturated carbocycles. The van der Waals surface area contributed by atoms with Gasteiger partial charge in [-0.05, 0) is 117 Å². The minimum Gasteiger partial charge on any atom is -0.371 e. The van der Waals surface area contributed by atoms with E-state index >= 15 is 4.79 Å². The van der Waals surface area contributed by atoms with E-state index in [0.717, 1.165) is 95.3 Å². The number of carbonyl (C=O) groups is 1. The van der Waals surface area contributed by atoms with Crippen molar-refractivity contribution >= 4 is 71.7 Å². The van der Waals surface area contributed by atoms with Crippen molar-refractivity contribution in [1.82, 2.24) is 0 Å². The van der Waals surface area contributed by atoms with E-state index in [1.807, 2.05) is 0 Å². The zero-order valence-corrected chi connectivity index (χ0v) is 42.0. The van der Waals surface area contributed by atoms with E-state index in [2.05, 4.69) is 145 Å². The van der Waals surface area contributed by atoms with Crippen LogP contribution in [0.5, 0.6) is 0 Å². The number of nitrogens with zero attached hydrogens (tertiary/aromatic N) is 3. The number of hydrogen-bond donors (Lipinski definition) is 1. The van der Waals surface area contributed by atoms with Crippen LogP contribution in [0.1, 0.15) is 173 Å². The molecule has 5 heteroatoms. The van der Waals surface area contributed by atoms with Gasteiger partial charge in [-0.15, -0.1) is 0 Å². The Kier molecular flexibility index (Phi) is 18.9. The van der Waals surface area contributed by atoms with Crippen molar-refractivity contribution in [2.24, 2.45) is 0 Å². The highest BCUT2D eigenvalue weighted by molar-refractivity contribution is 6.37. The fourth-order valence-corrected chi connectivity index (χ4v) is 10.9. The minimum absolute atomic E-state index is 0.00762. The second-order valence-electron chi connectivity index (χ2n) is 19.6. The average molecular weight is 907 g/mol. The first-order valence-electron chi connectivity index (χ1n) is 26.8. The van der Waals surface area contributed by atoms with Gasteiger partial charge in [0.1, 0.15) is 0 Å². The normalized spacial score (nSPS) is 13.6. The Morgan fingerprint density at radius 1 is 0.515 bits per heavy atom. The Morgan fingerprint density at radius 2 is 0.897 bits per heavy atom. The van der Waals surface area contributed by atoms with Crippen molar-refractivity contribution in [2.45, 2.75) is 162 Å². The first-order valence-corrected chi connectivity index (χ1v) is 26.8. The molecule has 0 heterocycles. The van der Waals surface area contributed by atoms with Gasteiger partial charge in [0, 0.05) is 53.9 Å². The van der Waals surface area contributed by atoms with Crippen LogP contribution in [0.3, 0.4) is 0 Å². The summed E-state index contributed by atoms with van der Waals surface area (Å²) in [6.07, 6.45) is 24.6. The maximum atomic E-state index is 15.4. The number of nitrogens with one attached hydrogen (secondary N) is 1. The Balaban J connectivity index is 1.36. The molecule has 6 aromatic carbocycles. The van der Waals surface area contributed by atoms with Gasteiger partial charge in [0.15, 0.2) is 5.78 Å². The summed E-state index contributed by atoms with van der Waals surface area (Å²) in [4.78, 5) is 24.5. The molecule has 0 radical (unpaired) electrons. The van der Waals surface area contributed by atoms with Gasteiger partial charge in [-0.3, -0.25) is 10.2 Å². The molecule has 356 valence electrons. The van der Waals surface area contributed by atoms with Crippen molar-refractivity contribution < 1.29 is 4.79 Å². The fourth-order valence-electron chi connectivity index (χ4n) is 10.9. The second-order valence-corrected chi connectivity index (χ2v) is 19.6. The standard InChI is InChI=1S/C63H78N4O/c1-6-10-14-18-26-38-66(39-27-19-15-11-7-2)58-36-34-51(53-42-47-30-22-24-32-49(47)44-55(53)58)60-62(57(46-64)65-5)61(63(60)68)52-35-37-59(56-45-50-33-25-23-31-48(50)43-54(52)56)67(40-28-20-16-12-8-3)41-29-21-17-13-9-4/h22-25,30-37,42-45,60,64H,6-21,26-29,38-41H2,1-4H3. The molecular weight excluding hydrogens is 829 g/mol. The molecule has 0 amide bonds. The molecule has 1 aliphatic carbocycles. The summed E-state index contributed by atoms with van der Waals surface area (Å²) >= 11 is 0. The highest BCUT2D eigenvalue weighted by atomic mass is 16.1. The number of hydrogen-bond acceptors (Lipinski definition) is 4. The number of carbonyl (C=O) groups excluding carboxylic acids is 1. The molecule has 0 spiro atoms. The molecule has 1 aliphatic rings. The molecule has 0 saturated heterocycles. The van der Waals surface area contributed by atoms with Gasteiger partial charge in [0.2, 0.25) is 0 Å². The summed E-state index contributed by atoms with van der Waals surface area (Å²) in [5, 5.41) is 17.5. The summed E-state index contributed by atoms with van der Waals surface area (Å²) in [7, 11) is 0. The van der Waals surface area contributed by atoms with Crippen LogP contribution in [0.4, 0.5) is 11.4 Å². The molecule has 0 aliphatic heterocycles. The number of rotatable bonds is 29. The number of fused-ring (bicyclic) bond motifs is 4. The number of allylic oxidation sites excluding steroid dienone is 2.